The zero-order chi connectivity index (χ0) is 34.6. The Morgan fingerprint density at radius 1 is 1.13 bits per heavy atom. The Morgan fingerprint density at radius 3 is 2.34 bits per heavy atom. The zero-order valence-corrected chi connectivity index (χ0v) is 29.0. The molecule has 0 bridgehead atoms. The summed E-state index contributed by atoms with van der Waals surface area (Å²) in [7, 11) is -7.36. The van der Waals surface area contributed by atoms with Gasteiger partial charge in [0.15, 0.2) is 8.32 Å². The van der Waals surface area contributed by atoms with Crippen LogP contribution >= 0.6 is 7.75 Å². The number of carbonyl (C=O) groups is 1. The predicted molar refractivity (Wildman–Crippen MR) is 173 cm³/mol. The van der Waals surface area contributed by atoms with E-state index in [1.807, 2.05) is 26.8 Å². The first-order chi connectivity index (χ1) is 21.9. The highest BCUT2D eigenvalue weighted by Gasteiger charge is 2.63. The van der Waals surface area contributed by atoms with Gasteiger partial charge < -0.3 is 24.2 Å². The van der Waals surface area contributed by atoms with E-state index in [-0.39, 0.29) is 18.2 Å². The van der Waals surface area contributed by atoms with Crippen LogP contribution in [0, 0.1) is 0 Å². The second-order valence-corrected chi connectivity index (χ2v) is 19.1. The van der Waals surface area contributed by atoms with Crippen LogP contribution in [0.3, 0.4) is 0 Å². The largest absolute Gasteiger partial charge is 0.460 e. The fraction of sp³-hybridized carbons (Fsp3) is 0.452. The molecule has 0 radical (unpaired) electrons. The molecule has 16 heteroatoms. The number of ether oxygens (including phenoxy) is 2. The average molecular weight is 695 g/mol. The Labute approximate surface area is 273 Å². The number of carbonyl (C=O) groups excluding carboxylic acids is 1. The molecule has 0 aliphatic carbocycles. The van der Waals surface area contributed by atoms with Crippen LogP contribution in [0.5, 0.6) is 5.75 Å². The topological polar surface area (TPSA) is 153 Å². The molecule has 1 fully saturated rings. The highest BCUT2D eigenvalue weighted by atomic mass is 31.2. The number of halogens is 2. The van der Waals surface area contributed by atoms with Crippen molar-refractivity contribution in [2.45, 2.75) is 82.8 Å². The van der Waals surface area contributed by atoms with Crippen LogP contribution in [-0.2, 0) is 34.4 Å². The number of alkyl halides is 2. The number of hydrogen-bond acceptors (Lipinski definition) is 10. The summed E-state index contributed by atoms with van der Waals surface area (Å²) in [4.78, 5) is 29.0. The van der Waals surface area contributed by atoms with Crippen LogP contribution in [0.25, 0.3) is 0 Å². The minimum absolute atomic E-state index is 0.0331. The van der Waals surface area contributed by atoms with E-state index in [4.69, 9.17) is 28.7 Å². The van der Waals surface area contributed by atoms with Gasteiger partial charge in [0.25, 0.3) is 0 Å². The molecule has 0 amide bonds. The Hall–Kier alpha value is -3.46. The lowest BCUT2D eigenvalue weighted by Gasteiger charge is -2.40. The summed E-state index contributed by atoms with van der Waals surface area (Å²) in [5.74, 6) is -4.55. The number of anilines is 1. The van der Waals surface area contributed by atoms with E-state index in [2.05, 4.69) is 10.1 Å². The number of nitrogens with two attached hydrogens (primary N) is 1. The molecule has 3 aromatic rings. The minimum Gasteiger partial charge on any atom is -0.460 e. The van der Waals surface area contributed by atoms with Crippen molar-refractivity contribution in [3.05, 3.63) is 89.0 Å². The van der Waals surface area contributed by atoms with Gasteiger partial charge in [-0.2, -0.15) is 18.9 Å². The second-order valence-electron chi connectivity index (χ2n) is 12.7. The monoisotopic (exact) mass is 694 g/mol. The van der Waals surface area contributed by atoms with Gasteiger partial charge in [-0.1, -0.05) is 69.3 Å². The molecule has 1 saturated heterocycles. The number of para-hydroxylation sites is 1. The van der Waals surface area contributed by atoms with Crippen molar-refractivity contribution in [3.8, 4) is 5.75 Å². The average Bonchev–Trinajstić information content (AvgIpc) is 3.23. The maximum Gasteiger partial charge on any atom is 0.459 e. The smallest absolute Gasteiger partial charge is 0.459 e. The summed E-state index contributed by atoms with van der Waals surface area (Å²) in [6.07, 6.45) is -4.54. The number of nitrogens with zero attached hydrogens (tertiary/aromatic N) is 2. The lowest BCUT2D eigenvalue weighted by Crippen LogP contribution is -2.52. The van der Waals surface area contributed by atoms with Crippen LogP contribution < -0.4 is 21.0 Å². The third-order valence-electron chi connectivity index (χ3n) is 7.99. The molecule has 4 rings (SSSR count). The zero-order valence-electron chi connectivity index (χ0n) is 27.1. The number of esters is 1. The Kier molecular flexibility index (Phi) is 11.1. The van der Waals surface area contributed by atoms with Crippen molar-refractivity contribution in [1.82, 2.24) is 14.6 Å². The van der Waals surface area contributed by atoms with E-state index in [1.54, 1.807) is 55.6 Å². The van der Waals surface area contributed by atoms with Gasteiger partial charge >= 0.3 is 25.3 Å². The van der Waals surface area contributed by atoms with Crippen molar-refractivity contribution < 1.29 is 41.1 Å². The molecule has 5 atom stereocenters. The predicted octanol–water partition coefficient (Wildman–Crippen LogP) is 5.67. The van der Waals surface area contributed by atoms with Gasteiger partial charge in [0, 0.05) is 6.20 Å². The first-order valence-electron chi connectivity index (χ1n) is 15.0. The number of benzene rings is 2. The summed E-state index contributed by atoms with van der Waals surface area (Å²) in [5, 5.41) is 2.07. The molecule has 2 heterocycles. The molecule has 1 aromatic heterocycles. The molecule has 0 unspecified atom stereocenters. The number of nitrogen functional groups attached to an aromatic ring is 1. The van der Waals surface area contributed by atoms with Crippen molar-refractivity contribution in [2.24, 2.45) is 0 Å². The SMILES string of the molecule is C[C@H](N[P@](=O)(OC[C@H]1O[C@@H](n2ccc(N)nc2=O)C(F)(F)[C@@H]1O[Si](C)(C)C(C)(C)C)Oc1ccccc1)C(=O)OCc1ccccc1. The lowest BCUT2D eigenvalue weighted by molar-refractivity contribution is -0.146. The van der Waals surface area contributed by atoms with Crippen LogP contribution in [0.4, 0.5) is 14.6 Å². The van der Waals surface area contributed by atoms with E-state index in [0.29, 0.717) is 4.57 Å². The molecule has 1 aliphatic rings. The molecular weight excluding hydrogens is 653 g/mol. The van der Waals surface area contributed by atoms with E-state index >= 15 is 8.78 Å². The summed E-state index contributed by atoms with van der Waals surface area (Å²) < 4.78 is 76.0. The van der Waals surface area contributed by atoms with E-state index in [9.17, 15) is 14.2 Å². The maximum atomic E-state index is 16.2. The Balaban J connectivity index is 1.60. The van der Waals surface area contributed by atoms with Crippen molar-refractivity contribution in [2.75, 3.05) is 12.3 Å². The first kappa shape index (κ1) is 36.4. The van der Waals surface area contributed by atoms with Crippen molar-refractivity contribution in [3.63, 3.8) is 0 Å². The van der Waals surface area contributed by atoms with E-state index in [1.165, 1.54) is 25.1 Å². The fourth-order valence-electron chi connectivity index (χ4n) is 4.37. The molecule has 12 nitrogen and oxygen atoms in total. The summed E-state index contributed by atoms with van der Waals surface area (Å²) in [6.45, 7) is 9.87. The molecule has 0 spiro atoms. The molecule has 2 aromatic carbocycles. The van der Waals surface area contributed by atoms with Crippen molar-refractivity contribution >= 4 is 27.9 Å². The quantitative estimate of drug-likeness (QED) is 0.129. The van der Waals surface area contributed by atoms with Crippen LogP contribution in [0.15, 0.2) is 77.7 Å². The van der Waals surface area contributed by atoms with Gasteiger partial charge in [-0.05, 0) is 48.8 Å². The highest BCUT2D eigenvalue weighted by molar-refractivity contribution is 7.52. The Bertz CT molecular complexity index is 1620. The lowest BCUT2D eigenvalue weighted by atomic mass is 10.1. The molecular formula is C31H41F2N4O8PSi. The molecule has 0 saturated carbocycles. The molecule has 47 heavy (non-hydrogen) atoms. The van der Waals surface area contributed by atoms with Gasteiger partial charge in [0.05, 0.1) is 6.61 Å². The van der Waals surface area contributed by atoms with Gasteiger partial charge in [0.1, 0.15) is 36.4 Å². The summed E-state index contributed by atoms with van der Waals surface area (Å²) in [5.41, 5.74) is 5.26. The number of nitrogens with one attached hydrogen (secondary N) is 1. The standard InChI is InChI=1S/C31H41F2N4O8PSi/c1-21(27(38)41-19-22-13-9-7-10-14-22)36-46(40,44-23-15-11-8-12-16-23)42-20-24-26(45-47(5,6)30(2,3)4)31(32,33)28(43-24)37-18-17-25(34)35-29(37)39/h7-18,21,24,26,28H,19-20H2,1-6H3,(H,36,40)(H2,34,35,39)/t21-,24+,26+,28+,46-/m0/s1. The highest BCUT2D eigenvalue weighted by Crippen LogP contribution is 2.50. The molecule has 256 valence electrons. The summed E-state index contributed by atoms with van der Waals surface area (Å²) in [6, 6.07) is 16.9. The normalized spacial score (nSPS) is 21.5. The number of hydrogen-bond donors (Lipinski definition) is 2. The van der Waals surface area contributed by atoms with Gasteiger partial charge in [0.2, 0.25) is 6.23 Å². The van der Waals surface area contributed by atoms with Crippen molar-refractivity contribution in [1.29, 1.82) is 0 Å². The van der Waals surface area contributed by atoms with Crippen LogP contribution in [-0.4, -0.2) is 54.6 Å². The molecule has 1 aliphatic heterocycles. The summed E-state index contributed by atoms with van der Waals surface area (Å²) >= 11 is 0. The van der Waals surface area contributed by atoms with Gasteiger partial charge in [-0.15, -0.1) is 0 Å². The second kappa shape index (κ2) is 14.3. The first-order valence-corrected chi connectivity index (χ1v) is 19.4. The minimum atomic E-state index is -4.48. The fourth-order valence-corrected chi connectivity index (χ4v) is 7.17. The molecule has 3 N–H and O–H groups in total. The third-order valence-corrected chi connectivity index (χ3v) is 14.1. The van der Waals surface area contributed by atoms with Crippen LogP contribution in [0.1, 0.15) is 39.5 Å². The van der Waals surface area contributed by atoms with Crippen LogP contribution in [0.2, 0.25) is 18.1 Å². The third kappa shape index (κ3) is 8.92. The van der Waals surface area contributed by atoms with Gasteiger partial charge in [-0.25, -0.2) is 9.36 Å². The van der Waals surface area contributed by atoms with Gasteiger partial charge in [-0.3, -0.25) is 13.9 Å². The number of rotatable bonds is 13. The van der Waals surface area contributed by atoms with E-state index in [0.717, 1.165) is 11.8 Å². The van der Waals surface area contributed by atoms with E-state index < -0.39 is 69.8 Å². The maximum absolute atomic E-state index is 16.2. The Morgan fingerprint density at radius 2 is 1.74 bits per heavy atom. The number of aromatic nitrogens is 2.